The zero-order valence-electron chi connectivity index (χ0n) is 11.2. The van der Waals surface area contributed by atoms with Gasteiger partial charge < -0.3 is 5.32 Å². The van der Waals surface area contributed by atoms with E-state index in [-0.39, 0.29) is 0 Å². The molecule has 0 amide bonds. The molecule has 1 heterocycles. The minimum Gasteiger partial charge on any atom is -0.317 e. The van der Waals surface area contributed by atoms with Crippen LogP contribution in [0.3, 0.4) is 0 Å². The molecule has 0 unspecified atom stereocenters. The molecule has 0 atom stereocenters. The second kappa shape index (κ2) is 7.13. The first-order chi connectivity index (χ1) is 8.81. The van der Waals surface area contributed by atoms with Crippen LogP contribution in [0.15, 0.2) is 24.3 Å². The van der Waals surface area contributed by atoms with E-state index in [0.717, 1.165) is 31.2 Å². The van der Waals surface area contributed by atoms with Crippen LogP contribution in [0, 0.1) is 0 Å². The molecule has 1 aromatic rings. The van der Waals surface area contributed by atoms with E-state index in [9.17, 15) is 0 Å². The lowest BCUT2D eigenvalue weighted by molar-refractivity contribution is 0.154. The third kappa shape index (κ3) is 3.71. The molecule has 2 rings (SSSR count). The molecule has 2 nitrogen and oxygen atoms in total. The molecule has 100 valence electrons. The Bertz CT molecular complexity index is 361. The molecule has 1 aromatic carbocycles. The number of rotatable bonds is 5. The SMILES string of the molecule is CCCN(Cc1ccccc1Cl)C1CCNCC1. The first kappa shape index (κ1) is 13.9. The van der Waals surface area contributed by atoms with E-state index in [0.29, 0.717) is 6.04 Å². The molecule has 0 aromatic heterocycles. The molecule has 0 spiro atoms. The lowest BCUT2D eigenvalue weighted by Gasteiger charge is -2.34. The molecule has 1 fully saturated rings. The molecule has 3 heteroatoms. The van der Waals surface area contributed by atoms with Crippen LogP contribution in [-0.4, -0.2) is 30.6 Å². The van der Waals surface area contributed by atoms with Gasteiger partial charge in [0.05, 0.1) is 0 Å². The van der Waals surface area contributed by atoms with Crippen molar-refractivity contribution in [2.75, 3.05) is 19.6 Å². The first-order valence-corrected chi connectivity index (χ1v) is 7.37. The molecule has 1 saturated heterocycles. The van der Waals surface area contributed by atoms with Crippen molar-refractivity contribution in [2.24, 2.45) is 0 Å². The summed E-state index contributed by atoms with van der Waals surface area (Å²) in [6.07, 6.45) is 3.71. The Labute approximate surface area is 115 Å². The van der Waals surface area contributed by atoms with Gasteiger partial charge in [-0.15, -0.1) is 0 Å². The second-order valence-electron chi connectivity index (χ2n) is 5.04. The maximum Gasteiger partial charge on any atom is 0.0451 e. The molecular formula is C15H23ClN2. The van der Waals surface area contributed by atoms with Crippen molar-refractivity contribution in [2.45, 2.75) is 38.8 Å². The average molecular weight is 267 g/mol. The average Bonchev–Trinajstić information content (AvgIpc) is 2.42. The lowest BCUT2D eigenvalue weighted by Crippen LogP contribution is -2.43. The predicted octanol–water partition coefficient (Wildman–Crippen LogP) is 3.30. The monoisotopic (exact) mass is 266 g/mol. The summed E-state index contributed by atoms with van der Waals surface area (Å²) in [5.74, 6) is 0. The standard InChI is InChI=1S/C15H23ClN2/c1-2-11-18(14-7-9-17-10-8-14)12-13-5-3-4-6-15(13)16/h3-6,14,17H,2,7-12H2,1H3. The Morgan fingerprint density at radius 1 is 1.28 bits per heavy atom. The van der Waals surface area contributed by atoms with Gasteiger partial charge in [-0.2, -0.15) is 0 Å². The molecule has 0 radical (unpaired) electrons. The number of piperidine rings is 1. The summed E-state index contributed by atoms with van der Waals surface area (Å²) in [5.41, 5.74) is 1.26. The normalized spacial score (nSPS) is 17.3. The maximum absolute atomic E-state index is 6.27. The third-order valence-corrected chi connectivity index (χ3v) is 4.04. The van der Waals surface area contributed by atoms with E-state index >= 15 is 0 Å². The highest BCUT2D eigenvalue weighted by Gasteiger charge is 2.20. The van der Waals surface area contributed by atoms with E-state index in [1.807, 2.05) is 12.1 Å². The summed E-state index contributed by atoms with van der Waals surface area (Å²) in [4.78, 5) is 2.60. The van der Waals surface area contributed by atoms with Crippen LogP contribution in [-0.2, 0) is 6.54 Å². The number of benzene rings is 1. The Balaban J connectivity index is 2.03. The zero-order chi connectivity index (χ0) is 12.8. The fourth-order valence-corrected chi connectivity index (χ4v) is 2.89. The van der Waals surface area contributed by atoms with Crippen LogP contribution in [0.1, 0.15) is 31.7 Å². The summed E-state index contributed by atoms with van der Waals surface area (Å²) in [6, 6.07) is 8.92. The van der Waals surface area contributed by atoms with E-state index in [1.165, 1.54) is 24.8 Å². The second-order valence-corrected chi connectivity index (χ2v) is 5.45. The summed E-state index contributed by atoms with van der Waals surface area (Å²) >= 11 is 6.27. The maximum atomic E-state index is 6.27. The van der Waals surface area contributed by atoms with Crippen LogP contribution in [0.25, 0.3) is 0 Å². The van der Waals surface area contributed by atoms with Crippen LogP contribution in [0.4, 0.5) is 0 Å². The summed E-state index contributed by atoms with van der Waals surface area (Å²) in [5, 5.41) is 4.33. The van der Waals surface area contributed by atoms with Crippen molar-refractivity contribution in [3.05, 3.63) is 34.9 Å². The van der Waals surface area contributed by atoms with Gasteiger partial charge in [-0.3, -0.25) is 4.90 Å². The topological polar surface area (TPSA) is 15.3 Å². The number of nitrogens with one attached hydrogen (secondary N) is 1. The Morgan fingerprint density at radius 3 is 2.67 bits per heavy atom. The predicted molar refractivity (Wildman–Crippen MR) is 78.0 cm³/mol. The Kier molecular flexibility index (Phi) is 5.48. The summed E-state index contributed by atoms with van der Waals surface area (Å²) in [6.45, 7) is 6.69. The molecule has 0 saturated carbocycles. The van der Waals surface area contributed by atoms with Crippen molar-refractivity contribution < 1.29 is 0 Å². The van der Waals surface area contributed by atoms with Gasteiger partial charge in [-0.1, -0.05) is 36.7 Å². The summed E-state index contributed by atoms with van der Waals surface area (Å²) in [7, 11) is 0. The van der Waals surface area contributed by atoms with Crippen molar-refractivity contribution in [3.63, 3.8) is 0 Å². The largest absolute Gasteiger partial charge is 0.317 e. The van der Waals surface area contributed by atoms with Gasteiger partial charge >= 0.3 is 0 Å². The molecule has 1 N–H and O–H groups in total. The van der Waals surface area contributed by atoms with Gasteiger partial charge in [0, 0.05) is 17.6 Å². The van der Waals surface area contributed by atoms with E-state index in [2.05, 4.69) is 29.3 Å². The van der Waals surface area contributed by atoms with Crippen molar-refractivity contribution in [3.8, 4) is 0 Å². The molecule has 18 heavy (non-hydrogen) atoms. The smallest absolute Gasteiger partial charge is 0.0451 e. The molecule has 0 aliphatic carbocycles. The summed E-state index contributed by atoms with van der Waals surface area (Å²) < 4.78 is 0. The first-order valence-electron chi connectivity index (χ1n) is 6.99. The number of halogens is 1. The highest BCUT2D eigenvalue weighted by atomic mass is 35.5. The fraction of sp³-hybridized carbons (Fsp3) is 0.600. The Hall–Kier alpha value is -0.570. The van der Waals surface area contributed by atoms with Crippen LogP contribution >= 0.6 is 11.6 Å². The van der Waals surface area contributed by atoms with Gasteiger partial charge in [0.25, 0.3) is 0 Å². The zero-order valence-corrected chi connectivity index (χ0v) is 11.9. The lowest BCUT2D eigenvalue weighted by atomic mass is 10.0. The fourth-order valence-electron chi connectivity index (χ4n) is 2.70. The minimum atomic E-state index is 0.711. The number of hydrogen-bond acceptors (Lipinski definition) is 2. The third-order valence-electron chi connectivity index (χ3n) is 3.67. The highest BCUT2D eigenvalue weighted by molar-refractivity contribution is 6.31. The van der Waals surface area contributed by atoms with Gasteiger partial charge in [0.15, 0.2) is 0 Å². The van der Waals surface area contributed by atoms with Gasteiger partial charge in [-0.25, -0.2) is 0 Å². The van der Waals surface area contributed by atoms with E-state index in [4.69, 9.17) is 11.6 Å². The quantitative estimate of drug-likeness (QED) is 0.880. The van der Waals surface area contributed by atoms with Crippen LogP contribution in [0.2, 0.25) is 5.02 Å². The van der Waals surface area contributed by atoms with Crippen molar-refractivity contribution in [1.29, 1.82) is 0 Å². The molecular weight excluding hydrogens is 244 g/mol. The number of nitrogens with zero attached hydrogens (tertiary/aromatic N) is 1. The van der Waals surface area contributed by atoms with Crippen LogP contribution in [0.5, 0.6) is 0 Å². The number of hydrogen-bond donors (Lipinski definition) is 1. The minimum absolute atomic E-state index is 0.711. The van der Waals surface area contributed by atoms with Crippen molar-refractivity contribution in [1.82, 2.24) is 10.2 Å². The van der Waals surface area contributed by atoms with E-state index < -0.39 is 0 Å². The van der Waals surface area contributed by atoms with Crippen LogP contribution < -0.4 is 5.32 Å². The van der Waals surface area contributed by atoms with Gasteiger partial charge in [-0.05, 0) is 50.5 Å². The van der Waals surface area contributed by atoms with E-state index in [1.54, 1.807) is 0 Å². The molecule has 0 bridgehead atoms. The van der Waals surface area contributed by atoms with Gasteiger partial charge in [0.2, 0.25) is 0 Å². The van der Waals surface area contributed by atoms with Crippen molar-refractivity contribution >= 4 is 11.6 Å². The molecule has 1 aliphatic rings. The highest BCUT2D eigenvalue weighted by Crippen LogP contribution is 2.21. The van der Waals surface area contributed by atoms with Gasteiger partial charge in [0.1, 0.15) is 0 Å². The Morgan fingerprint density at radius 2 is 2.00 bits per heavy atom. The molecule has 1 aliphatic heterocycles.